The van der Waals surface area contributed by atoms with Gasteiger partial charge in [0.25, 0.3) is 0 Å². The maximum absolute atomic E-state index is 13.6. The van der Waals surface area contributed by atoms with Crippen molar-refractivity contribution in [2.45, 2.75) is 285 Å². The first-order valence-electron chi connectivity index (χ1n) is 26.4. The molecule has 0 saturated carbocycles. The standard InChI is InChI=1S/C49H84O24/c1-8-17-26-18-15-13-11-10-12-14-16-19-28(51)68-43-36(59)39(24(6)65-49(43)73-42-32(55)29(52)22(4)62-48(42)66-26)70-47-37(60)41(72-46-34(57)31(54)30(53)27(20-50)67-46)40(25(7)64-47)71-45-35(58)33(56)38(23(5)63-45)69-44(61)21(3)9-2/h21-27,29-43,45-50,52-60H,8-20H2,1-7H3. The highest BCUT2D eigenvalue weighted by molar-refractivity contribution is 5.72. The quantitative estimate of drug-likeness (QED) is 0.105. The van der Waals surface area contributed by atoms with Crippen molar-refractivity contribution in [3.8, 4) is 0 Å². The smallest absolute Gasteiger partial charge is 0.309 e. The molecule has 10 N–H and O–H groups in total. The second kappa shape index (κ2) is 27.6. The minimum atomic E-state index is -1.99. The van der Waals surface area contributed by atoms with Gasteiger partial charge in [-0.05, 0) is 53.4 Å². The normalized spacial score (nSPS) is 47.4. The van der Waals surface area contributed by atoms with Crippen molar-refractivity contribution in [2.75, 3.05) is 6.61 Å². The highest BCUT2D eigenvalue weighted by atomic mass is 16.8. The van der Waals surface area contributed by atoms with Crippen LogP contribution in [0.3, 0.4) is 0 Å². The lowest BCUT2D eigenvalue weighted by atomic mass is 9.95. The molecule has 24 heteroatoms. The van der Waals surface area contributed by atoms with Gasteiger partial charge in [0.2, 0.25) is 0 Å². The topological polar surface area (TPSA) is 347 Å². The van der Waals surface area contributed by atoms with Gasteiger partial charge in [0.05, 0.1) is 43.0 Å². The highest BCUT2D eigenvalue weighted by Gasteiger charge is 2.57. The third kappa shape index (κ3) is 14.6. The molecule has 0 amide bonds. The number of carbonyl (C=O) groups excluding carboxylic acids is 2. The molecule has 0 aromatic heterocycles. The Bertz CT molecular complexity index is 1680. The Morgan fingerprint density at radius 1 is 0.548 bits per heavy atom. The van der Waals surface area contributed by atoms with Gasteiger partial charge in [0.15, 0.2) is 43.7 Å². The third-order valence-electron chi connectivity index (χ3n) is 15.0. The minimum absolute atomic E-state index is 0.0216. The van der Waals surface area contributed by atoms with Crippen LogP contribution in [0.1, 0.15) is 126 Å². The number of esters is 2. The number of fused-ring (bicyclic) bond motifs is 2. The lowest BCUT2D eigenvalue weighted by Crippen LogP contribution is -2.68. The highest BCUT2D eigenvalue weighted by Crippen LogP contribution is 2.38. The molecular weight excluding hydrogens is 973 g/mol. The second-order valence-electron chi connectivity index (χ2n) is 20.6. The summed E-state index contributed by atoms with van der Waals surface area (Å²) in [5.41, 5.74) is 0. The molecule has 0 aromatic rings. The molecule has 27 atom stereocenters. The predicted molar refractivity (Wildman–Crippen MR) is 247 cm³/mol. The zero-order valence-corrected chi connectivity index (χ0v) is 43.0. The number of carbonyl (C=O) groups is 2. The molecule has 27 unspecified atom stereocenters. The van der Waals surface area contributed by atoms with Gasteiger partial charge in [-0.25, -0.2) is 0 Å². The second-order valence-corrected chi connectivity index (χ2v) is 20.6. The van der Waals surface area contributed by atoms with Crippen molar-refractivity contribution in [1.82, 2.24) is 0 Å². The number of hydrogen-bond donors (Lipinski definition) is 10. The van der Waals surface area contributed by atoms with Gasteiger partial charge in [0, 0.05) is 6.42 Å². The molecule has 0 radical (unpaired) electrons. The van der Waals surface area contributed by atoms with Crippen LogP contribution in [0.4, 0.5) is 0 Å². The number of ether oxygens (including phenoxy) is 12. The molecule has 0 spiro atoms. The summed E-state index contributed by atoms with van der Waals surface area (Å²) in [6.45, 7) is 10.6. The maximum Gasteiger partial charge on any atom is 0.309 e. The van der Waals surface area contributed by atoms with E-state index in [4.69, 9.17) is 56.8 Å². The first-order valence-corrected chi connectivity index (χ1v) is 26.4. The van der Waals surface area contributed by atoms with E-state index in [2.05, 4.69) is 0 Å². The van der Waals surface area contributed by atoms with Crippen LogP contribution in [-0.2, 0) is 66.4 Å². The summed E-state index contributed by atoms with van der Waals surface area (Å²) in [7, 11) is 0. The average Bonchev–Trinajstić information content (AvgIpc) is 3.35. The predicted octanol–water partition coefficient (Wildman–Crippen LogP) is -0.949. The number of aliphatic hydroxyl groups excluding tert-OH is 10. The Balaban J connectivity index is 1.26. The zero-order chi connectivity index (χ0) is 53.4. The van der Waals surface area contributed by atoms with E-state index in [9.17, 15) is 60.7 Å². The number of rotatable bonds is 12. The Kier molecular flexibility index (Phi) is 22.9. The van der Waals surface area contributed by atoms with Gasteiger partial charge in [-0.3, -0.25) is 9.59 Å². The van der Waals surface area contributed by atoms with Crippen molar-refractivity contribution in [2.24, 2.45) is 5.92 Å². The monoisotopic (exact) mass is 1060 g/mol. The number of aliphatic hydroxyl groups is 10. The van der Waals surface area contributed by atoms with E-state index in [-0.39, 0.29) is 12.5 Å². The summed E-state index contributed by atoms with van der Waals surface area (Å²) in [4.78, 5) is 26.2. The Labute approximate surface area is 426 Å². The van der Waals surface area contributed by atoms with E-state index < -0.39 is 178 Å². The Morgan fingerprint density at radius 2 is 1.10 bits per heavy atom. The van der Waals surface area contributed by atoms with E-state index in [1.807, 2.05) is 6.92 Å². The average molecular weight is 1060 g/mol. The lowest BCUT2D eigenvalue weighted by molar-refractivity contribution is -0.400. The van der Waals surface area contributed by atoms with E-state index in [0.717, 1.165) is 44.9 Å². The van der Waals surface area contributed by atoms with E-state index in [1.54, 1.807) is 20.8 Å². The van der Waals surface area contributed by atoms with Crippen LogP contribution < -0.4 is 0 Å². The van der Waals surface area contributed by atoms with E-state index >= 15 is 0 Å². The van der Waals surface area contributed by atoms with Gasteiger partial charge in [0.1, 0.15) is 85.5 Å². The first kappa shape index (κ1) is 60.4. The van der Waals surface area contributed by atoms with Crippen LogP contribution >= 0.6 is 0 Å². The van der Waals surface area contributed by atoms with E-state index in [0.29, 0.717) is 25.7 Å². The first-order chi connectivity index (χ1) is 34.7. The summed E-state index contributed by atoms with van der Waals surface area (Å²) in [5, 5.41) is 112. The summed E-state index contributed by atoms with van der Waals surface area (Å²) in [5.74, 6) is -1.85. The molecule has 0 bridgehead atoms. The molecule has 6 aliphatic heterocycles. The Hall–Kier alpha value is -1.86. The minimum Gasteiger partial charge on any atom is -0.457 e. The molecule has 24 nitrogen and oxygen atoms in total. The van der Waals surface area contributed by atoms with Crippen molar-refractivity contribution >= 4 is 11.9 Å². The van der Waals surface area contributed by atoms with Gasteiger partial charge in [-0.1, -0.05) is 65.7 Å². The molecule has 6 fully saturated rings. The van der Waals surface area contributed by atoms with Gasteiger partial charge in [-0.2, -0.15) is 0 Å². The van der Waals surface area contributed by atoms with Crippen LogP contribution in [0.5, 0.6) is 0 Å². The Morgan fingerprint density at radius 3 is 1.75 bits per heavy atom. The molecule has 0 aliphatic carbocycles. The van der Waals surface area contributed by atoms with Crippen LogP contribution in [0.2, 0.25) is 0 Å². The fourth-order valence-corrected chi connectivity index (χ4v) is 10.1. The third-order valence-corrected chi connectivity index (χ3v) is 15.0. The van der Waals surface area contributed by atoms with Crippen molar-refractivity contribution in [1.29, 1.82) is 0 Å². The van der Waals surface area contributed by atoms with Crippen molar-refractivity contribution in [3.05, 3.63) is 0 Å². The summed E-state index contributed by atoms with van der Waals surface area (Å²) in [6, 6.07) is 0. The van der Waals surface area contributed by atoms with Crippen LogP contribution in [0.15, 0.2) is 0 Å². The molecule has 424 valence electrons. The van der Waals surface area contributed by atoms with Crippen LogP contribution in [-0.4, -0.2) is 229 Å². The molecule has 6 rings (SSSR count). The van der Waals surface area contributed by atoms with Gasteiger partial charge in [-0.15, -0.1) is 0 Å². The van der Waals surface area contributed by atoms with Crippen LogP contribution in [0.25, 0.3) is 0 Å². The largest absolute Gasteiger partial charge is 0.457 e. The lowest BCUT2D eigenvalue weighted by Gasteiger charge is -2.50. The summed E-state index contributed by atoms with van der Waals surface area (Å²) < 4.78 is 73.0. The summed E-state index contributed by atoms with van der Waals surface area (Å²) in [6.07, 6.45) is -30.8. The molecule has 6 heterocycles. The van der Waals surface area contributed by atoms with Crippen molar-refractivity contribution in [3.63, 3.8) is 0 Å². The van der Waals surface area contributed by atoms with Crippen LogP contribution in [0, 0.1) is 5.92 Å². The fourth-order valence-electron chi connectivity index (χ4n) is 10.1. The SMILES string of the molecule is CCCC1CCCCCCCCCC(=O)OC2C(OC(C)C(OC3OC(C)C(OC4OC(C)C(OC(=O)C(C)CC)C(O)C4O)C(OC4OC(CO)C(O)C(O)C4O)C3O)C2O)OC2C(O1)OC(C)C(O)C2O. The van der Waals surface area contributed by atoms with Crippen molar-refractivity contribution < 1.29 is 117 Å². The molecule has 73 heavy (non-hydrogen) atoms. The molecule has 6 saturated heterocycles. The molecule has 6 aliphatic rings. The summed E-state index contributed by atoms with van der Waals surface area (Å²) >= 11 is 0. The zero-order valence-electron chi connectivity index (χ0n) is 43.0. The molecular formula is C49H84O24. The fraction of sp³-hybridized carbons (Fsp3) is 0.959. The maximum atomic E-state index is 13.6. The van der Waals surface area contributed by atoms with E-state index in [1.165, 1.54) is 20.8 Å². The molecule has 0 aromatic carbocycles. The van der Waals surface area contributed by atoms with Gasteiger partial charge < -0.3 is 108 Å². The number of hydrogen-bond acceptors (Lipinski definition) is 24. The van der Waals surface area contributed by atoms with Gasteiger partial charge >= 0.3 is 11.9 Å².